The van der Waals surface area contributed by atoms with Crippen molar-refractivity contribution in [1.82, 2.24) is 10.2 Å². The van der Waals surface area contributed by atoms with Crippen LogP contribution in [0.2, 0.25) is 0 Å². The molecule has 0 aliphatic heterocycles. The summed E-state index contributed by atoms with van der Waals surface area (Å²) in [7, 11) is 0. The Bertz CT molecular complexity index is 363. The fourth-order valence-corrected chi connectivity index (χ4v) is 1.28. The summed E-state index contributed by atoms with van der Waals surface area (Å²) in [6.07, 6.45) is 1.77. The number of rotatable bonds is 1. The van der Waals surface area contributed by atoms with Crippen molar-refractivity contribution in [2.45, 2.75) is 6.92 Å². The number of hydrogen-bond donors (Lipinski definition) is 1. The van der Waals surface area contributed by atoms with Crippen LogP contribution in [0.4, 0.5) is 0 Å². The van der Waals surface area contributed by atoms with Crippen LogP contribution in [0.5, 0.6) is 0 Å². The lowest BCUT2D eigenvalue weighted by Crippen LogP contribution is -1.81. The molecule has 1 aromatic heterocycles. The summed E-state index contributed by atoms with van der Waals surface area (Å²) in [6, 6.07) is 10.2. The van der Waals surface area contributed by atoms with Crippen molar-refractivity contribution < 1.29 is 0 Å². The monoisotopic (exact) mass is 158 g/mol. The normalized spacial score (nSPS) is 10.1. The second-order valence-corrected chi connectivity index (χ2v) is 2.79. The third-order valence-corrected chi connectivity index (χ3v) is 1.94. The van der Waals surface area contributed by atoms with Crippen molar-refractivity contribution in [3.8, 4) is 11.3 Å². The summed E-state index contributed by atoms with van der Waals surface area (Å²) < 4.78 is 0. The highest BCUT2D eigenvalue weighted by molar-refractivity contribution is 5.62. The average molecular weight is 158 g/mol. The predicted octanol–water partition coefficient (Wildman–Crippen LogP) is 2.39. The molecule has 1 aromatic carbocycles. The highest BCUT2D eigenvalue weighted by Crippen LogP contribution is 2.19. The van der Waals surface area contributed by atoms with Crippen molar-refractivity contribution in [3.63, 3.8) is 0 Å². The van der Waals surface area contributed by atoms with Crippen LogP contribution in [-0.4, -0.2) is 10.2 Å². The van der Waals surface area contributed by atoms with E-state index >= 15 is 0 Å². The van der Waals surface area contributed by atoms with Gasteiger partial charge in [0.15, 0.2) is 0 Å². The van der Waals surface area contributed by atoms with Crippen molar-refractivity contribution in [1.29, 1.82) is 0 Å². The van der Waals surface area contributed by atoms with E-state index in [1.54, 1.807) is 6.20 Å². The molecule has 0 bridgehead atoms. The maximum atomic E-state index is 3.91. The van der Waals surface area contributed by atoms with E-state index in [-0.39, 0.29) is 0 Å². The minimum absolute atomic E-state index is 1.08. The van der Waals surface area contributed by atoms with Gasteiger partial charge < -0.3 is 0 Å². The zero-order valence-corrected chi connectivity index (χ0v) is 6.91. The smallest absolute Gasteiger partial charge is 0.0652 e. The number of nitrogens with zero attached hydrogens (tertiary/aromatic N) is 1. The molecule has 0 aliphatic carbocycles. The summed E-state index contributed by atoms with van der Waals surface area (Å²) >= 11 is 0. The van der Waals surface area contributed by atoms with Gasteiger partial charge in [-0.05, 0) is 18.6 Å². The van der Waals surface area contributed by atoms with Crippen LogP contribution in [-0.2, 0) is 0 Å². The lowest BCUT2D eigenvalue weighted by atomic mass is 10.1. The Labute approximate surface area is 71.3 Å². The molecule has 12 heavy (non-hydrogen) atoms. The molecule has 1 N–H and O–H groups in total. The van der Waals surface area contributed by atoms with E-state index in [0.29, 0.717) is 0 Å². The van der Waals surface area contributed by atoms with Crippen LogP contribution in [0.15, 0.2) is 36.5 Å². The van der Waals surface area contributed by atoms with Gasteiger partial charge in [0.1, 0.15) is 0 Å². The summed E-state index contributed by atoms with van der Waals surface area (Å²) in [5.41, 5.74) is 3.56. The SMILES string of the molecule is Cc1ccccc1-c1ccn[nH]1. The molecule has 0 unspecified atom stereocenters. The number of aromatic amines is 1. The Morgan fingerprint density at radius 3 is 2.67 bits per heavy atom. The van der Waals surface area contributed by atoms with Gasteiger partial charge in [0, 0.05) is 11.8 Å². The molecule has 0 aliphatic rings. The number of H-pyrrole nitrogens is 1. The van der Waals surface area contributed by atoms with Crippen molar-refractivity contribution in [2.24, 2.45) is 0 Å². The molecule has 0 radical (unpaired) electrons. The first kappa shape index (κ1) is 7.10. The number of benzene rings is 1. The first-order chi connectivity index (χ1) is 5.88. The van der Waals surface area contributed by atoms with Crippen LogP contribution in [0.3, 0.4) is 0 Å². The molecular weight excluding hydrogens is 148 g/mol. The molecule has 60 valence electrons. The van der Waals surface area contributed by atoms with Gasteiger partial charge in [-0.15, -0.1) is 0 Å². The molecule has 2 aromatic rings. The predicted molar refractivity (Wildman–Crippen MR) is 48.8 cm³/mol. The lowest BCUT2D eigenvalue weighted by molar-refractivity contribution is 1.09. The van der Waals surface area contributed by atoms with Gasteiger partial charge in [-0.1, -0.05) is 24.3 Å². The largest absolute Gasteiger partial charge is 0.278 e. The minimum atomic E-state index is 1.08. The van der Waals surface area contributed by atoms with Gasteiger partial charge in [0.25, 0.3) is 0 Å². The van der Waals surface area contributed by atoms with Gasteiger partial charge >= 0.3 is 0 Å². The standard InChI is InChI=1S/C10H10N2/c1-8-4-2-3-5-9(8)10-6-7-11-12-10/h2-7H,1H3,(H,11,12). The Morgan fingerprint density at radius 2 is 2.00 bits per heavy atom. The highest BCUT2D eigenvalue weighted by atomic mass is 15.1. The zero-order valence-electron chi connectivity index (χ0n) is 6.91. The Kier molecular flexibility index (Phi) is 1.67. The molecule has 0 fully saturated rings. The zero-order chi connectivity index (χ0) is 8.39. The number of aromatic nitrogens is 2. The molecule has 2 nitrogen and oxygen atoms in total. The second-order valence-electron chi connectivity index (χ2n) is 2.79. The van der Waals surface area contributed by atoms with Crippen LogP contribution in [0.1, 0.15) is 5.56 Å². The van der Waals surface area contributed by atoms with E-state index in [9.17, 15) is 0 Å². The topological polar surface area (TPSA) is 28.7 Å². The Hall–Kier alpha value is -1.57. The van der Waals surface area contributed by atoms with Crippen LogP contribution >= 0.6 is 0 Å². The Balaban J connectivity index is 2.55. The molecule has 0 saturated carbocycles. The first-order valence-electron chi connectivity index (χ1n) is 3.93. The number of hydrogen-bond acceptors (Lipinski definition) is 1. The van der Waals surface area contributed by atoms with Crippen molar-refractivity contribution in [3.05, 3.63) is 42.1 Å². The number of nitrogens with one attached hydrogen (secondary N) is 1. The Morgan fingerprint density at radius 1 is 1.17 bits per heavy atom. The fraction of sp³-hybridized carbons (Fsp3) is 0.100. The third-order valence-electron chi connectivity index (χ3n) is 1.94. The quantitative estimate of drug-likeness (QED) is 0.678. The van der Waals surface area contributed by atoms with Crippen LogP contribution in [0.25, 0.3) is 11.3 Å². The summed E-state index contributed by atoms with van der Waals surface area (Å²) in [6.45, 7) is 2.09. The van der Waals surface area contributed by atoms with Gasteiger partial charge in [-0.3, -0.25) is 5.10 Å². The van der Waals surface area contributed by atoms with E-state index in [1.165, 1.54) is 11.1 Å². The third kappa shape index (κ3) is 1.11. The van der Waals surface area contributed by atoms with Gasteiger partial charge in [-0.2, -0.15) is 5.10 Å². The fourth-order valence-electron chi connectivity index (χ4n) is 1.28. The molecule has 0 amide bonds. The van der Waals surface area contributed by atoms with E-state index < -0.39 is 0 Å². The minimum Gasteiger partial charge on any atom is -0.278 e. The van der Waals surface area contributed by atoms with Crippen molar-refractivity contribution in [2.75, 3.05) is 0 Å². The maximum Gasteiger partial charge on any atom is 0.0652 e. The summed E-state index contributed by atoms with van der Waals surface area (Å²) in [5.74, 6) is 0. The van der Waals surface area contributed by atoms with E-state index in [1.807, 2.05) is 18.2 Å². The van der Waals surface area contributed by atoms with E-state index in [2.05, 4.69) is 29.3 Å². The molecular formula is C10H10N2. The van der Waals surface area contributed by atoms with Crippen molar-refractivity contribution >= 4 is 0 Å². The lowest BCUT2D eigenvalue weighted by Gasteiger charge is -2.00. The maximum absolute atomic E-state index is 3.91. The molecule has 0 saturated heterocycles. The second kappa shape index (κ2) is 2.81. The first-order valence-corrected chi connectivity index (χ1v) is 3.93. The molecule has 0 spiro atoms. The highest BCUT2D eigenvalue weighted by Gasteiger charge is 1.99. The summed E-state index contributed by atoms with van der Waals surface area (Å²) in [5, 5.41) is 6.86. The van der Waals surface area contributed by atoms with E-state index in [0.717, 1.165) is 5.69 Å². The molecule has 1 heterocycles. The molecule has 0 atom stereocenters. The summed E-state index contributed by atoms with van der Waals surface area (Å²) in [4.78, 5) is 0. The molecule has 2 heteroatoms. The number of aryl methyl sites for hydroxylation is 1. The molecule has 2 rings (SSSR count). The van der Waals surface area contributed by atoms with Crippen LogP contribution < -0.4 is 0 Å². The van der Waals surface area contributed by atoms with Gasteiger partial charge in [-0.25, -0.2) is 0 Å². The average Bonchev–Trinajstić information content (AvgIpc) is 2.57. The van der Waals surface area contributed by atoms with E-state index in [4.69, 9.17) is 0 Å². The van der Waals surface area contributed by atoms with Gasteiger partial charge in [0.2, 0.25) is 0 Å². The van der Waals surface area contributed by atoms with Gasteiger partial charge in [0.05, 0.1) is 5.69 Å². The van der Waals surface area contributed by atoms with Crippen LogP contribution in [0, 0.1) is 6.92 Å².